The number of nitrogens with one attached hydrogen (secondary N) is 1. The molecule has 1 N–H and O–H groups in total. The minimum absolute atomic E-state index is 0.192. The number of hydrogen-bond donors (Lipinski definition) is 1. The third-order valence-electron chi connectivity index (χ3n) is 2.64. The van der Waals surface area contributed by atoms with Gasteiger partial charge in [0.1, 0.15) is 0 Å². The van der Waals surface area contributed by atoms with Gasteiger partial charge < -0.3 is 10.1 Å². The molecule has 0 amide bonds. The molecule has 1 atom stereocenters. The average Bonchev–Trinajstić information content (AvgIpc) is 2.69. The molecule has 1 saturated heterocycles. The van der Waals surface area contributed by atoms with E-state index in [-0.39, 0.29) is 6.04 Å². The van der Waals surface area contributed by atoms with Crippen LogP contribution in [-0.2, 0) is 19.6 Å². The van der Waals surface area contributed by atoms with Crippen molar-refractivity contribution in [3.05, 3.63) is 0 Å². The molecule has 0 aromatic heterocycles. The van der Waals surface area contributed by atoms with Gasteiger partial charge in [-0.2, -0.15) is 0 Å². The Balaban J connectivity index is 2.50. The van der Waals surface area contributed by atoms with Gasteiger partial charge in [-0.1, -0.05) is 0 Å². The average molecular weight is 250 g/mol. The van der Waals surface area contributed by atoms with Crippen LogP contribution in [0.1, 0.15) is 12.8 Å². The zero-order valence-electron chi connectivity index (χ0n) is 9.60. The molecule has 1 heterocycles. The second kappa shape index (κ2) is 5.60. The van der Waals surface area contributed by atoms with Crippen molar-refractivity contribution in [3.8, 4) is 0 Å². The zero-order valence-corrected chi connectivity index (χ0v) is 10.4. The van der Waals surface area contributed by atoms with Crippen molar-refractivity contribution >= 4 is 16.0 Å². The molecule has 1 aliphatic rings. The second-order valence-corrected chi connectivity index (χ2v) is 5.98. The van der Waals surface area contributed by atoms with E-state index in [0.717, 1.165) is 19.4 Å². The molecule has 0 saturated carbocycles. The summed E-state index contributed by atoms with van der Waals surface area (Å²) in [5, 5.41) is 3.20. The molecule has 94 valence electrons. The summed E-state index contributed by atoms with van der Waals surface area (Å²) in [5.74, 6) is -1.32. The largest absolute Gasteiger partial charge is 0.468 e. The molecule has 6 nitrogen and oxygen atoms in total. The number of methoxy groups -OCH3 is 1. The van der Waals surface area contributed by atoms with Crippen molar-refractivity contribution in [2.75, 3.05) is 33.0 Å². The Morgan fingerprint density at radius 3 is 2.75 bits per heavy atom. The van der Waals surface area contributed by atoms with Gasteiger partial charge in [0.05, 0.1) is 7.11 Å². The topological polar surface area (TPSA) is 75.7 Å². The lowest BCUT2D eigenvalue weighted by atomic mass is 10.2. The van der Waals surface area contributed by atoms with Gasteiger partial charge in [-0.15, -0.1) is 0 Å². The maximum atomic E-state index is 11.7. The lowest BCUT2D eigenvalue weighted by Crippen LogP contribution is -2.40. The highest BCUT2D eigenvalue weighted by Crippen LogP contribution is 2.08. The van der Waals surface area contributed by atoms with Gasteiger partial charge in [0.25, 0.3) is 0 Å². The zero-order chi connectivity index (χ0) is 12.2. The summed E-state index contributed by atoms with van der Waals surface area (Å²) in [4.78, 5) is 10.9. The van der Waals surface area contributed by atoms with Crippen LogP contribution in [-0.4, -0.2) is 57.7 Å². The smallest absolute Gasteiger partial charge is 0.322 e. The highest BCUT2D eigenvalue weighted by molar-refractivity contribution is 7.89. The van der Waals surface area contributed by atoms with Gasteiger partial charge in [0.2, 0.25) is 10.0 Å². The Morgan fingerprint density at radius 1 is 1.56 bits per heavy atom. The van der Waals surface area contributed by atoms with Gasteiger partial charge in [0.15, 0.2) is 5.75 Å². The van der Waals surface area contributed by atoms with Crippen molar-refractivity contribution in [1.29, 1.82) is 0 Å². The number of carbonyl (C=O) groups excluding carboxylic acids is 1. The molecule has 1 unspecified atom stereocenters. The first-order chi connectivity index (χ1) is 7.45. The molecule has 0 radical (unpaired) electrons. The summed E-state index contributed by atoms with van der Waals surface area (Å²) in [5.41, 5.74) is 0. The number of hydrogen-bond acceptors (Lipinski definition) is 5. The standard InChI is InChI=1S/C9H18N2O4S/c1-11(6-8-4-3-5-10-8)16(13,14)7-9(12)15-2/h8,10H,3-7H2,1-2H3. The summed E-state index contributed by atoms with van der Waals surface area (Å²) >= 11 is 0. The Kier molecular flexibility index (Phi) is 4.69. The van der Waals surface area contributed by atoms with Crippen molar-refractivity contribution in [2.24, 2.45) is 0 Å². The number of carbonyl (C=O) groups is 1. The molecular formula is C9H18N2O4S. The van der Waals surface area contributed by atoms with E-state index in [1.807, 2.05) is 0 Å². The first-order valence-electron chi connectivity index (χ1n) is 5.20. The minimum atomic E-state index is -3.54. The van der Waals surface area contributed by atoms with Crippen molar-refractivity contribution in [1.82, 2.24) is 9.62 Å². The normalized spacial score (nSPS) is 21.3. The van der Waals surface area contributed by atoms with Crippen molar-refractivity contribution in [3.63, 3.8) is 0 Å². The molecule has 0 bridgehead atoms. The monoisotopic (exact) mass is 250 g/mol. The Morgan fingerprint density at radius 2 is 2.25 bits per heavy atom. The SMILES string of the molecule is COC(=O)CS(=O)(=O)N(C)CC1CCCN1. The van der Waals surface area contributed by atoms with Gasteiger partial charge in [-0.25, -0.2) is 12.7 Å². The van der Waals surface area contributed by atoms with Gasteiger partial charge in [-0.3, -0.25) is 4.79 Å². The number of rotatable bonds is 5. The molecule has 16 heavy (non-hydrogen) atoms. The van der Waals surface area contributed by atoms with Crippen LogP contribution in [0.4, 0.5) is 0 Å². The predicted molar refractivity (Wildman–Crippen MR) is 59.5 cm³/mol. The van der Waals surface area contributed by atoms with E-state index in [9.17, 15) is 13.2 Å². The van der Waals surface area contributed by atoms with Gasteiger partial charge in [0, 0.05) is 19.6 Å². The lowest BCUT2D eigenvalue weighted by Gasteiger charge is -2.20. The highest BCUT2D eigenvalue weighted by Gasteiger charge is 2.26. The maximum Gasteiger partial charge on any atom is 0.322 e. The molecular weight excluding hydrogens is 232 g/mol. The van der Waals surface area contributed by atoms with Crippen LogP contribution in [0.5, 0.6) is 0 Å². The van der Waals surface area contributed by atoms with E-state index in [4.69, 9.17) is 0 Å². The Bertz CT molecular complexity index is 335. The fourth-order valence-corrected chi connectivity index (χ4v) is 2.70. The van der Waals surface area contributed by atoms with Crippen LogP contribution in [0.25, 0.3) is 0 Å². The number of ether oxygens (including phenoxy) is 1. The van der Waals surface area contributed by atoms with Crippen molar-refractivity contribution in [2.45, 2.75) is 18.9 Å². The first-order valence-corrected chi connectivity index (χ1v) is 6.81. The summed E-state index contributed by atoms with van der Waals surface area (Å²) in [7, 11) is -0.879. The molecule has 1 rings (SSSR count). The number of sulfonamides is 1. The minimum Gasteiger partial charge on any atom is -0.468 e. The fraction of sp³-hybridized carbons (Fsp3) is 0.889. The van der Waals surface area contributed by atoms with E-state index in [0.29, 0.717) is 6.54 Å². The first kappa shape index (κ1) is 13.4. The van der Waals surface area contributed by atoms with Gasteiger partial charge in [-0.05, 0) is 19.4 Å². The molecule has 1 fully saturated rings. The second-order valence-electron chi connectivity index (χ2n) is 3.91. The molecule has 1 aliphatic heterocycles. The van der Waals surface area contributed by atoms with Crippen LogP contribution in [0.2, 0.25) is 0 Å². The van der Waals surface area contributed by atoms with E-state index in [2.05, 4.69) is 10.1 Å². The lowest BCUT2D eigenvalue weighted by molar-refractivity contribution is -0.137. The van der Waals surface area contributed by atoms with Crippen molar-refractivity contribution < 1.29 is 17.9 Å². The van der Waals surface area contributed by atoms with Crippen LogP contribution < -0.4 is 5.32 Å². The third kappa shape index (κ3) is 3.73. The third-order valence-corrected chi connectivity index (χ3v) is 4.34. The van der Waals surface area contributed by atoms with E-state index in [1.54, 1.807) is 0 Å². The van der Waals surface area contributed by atoms with E-state index >= 15 is 0 Å². The molecule has 0 aromatic rings. The molecule has 7 heteroatoms. The predicted octanol–water partition coefficient (Wildman–Crippen LogP) is -0.827. The van der Waals surface area contributed by atoms with Gasteiger partial charge >= 0.3 is 5.97 Å². The Hall–Kier alpha value is -0.660. The highest BCUT2D eigenvalue weighted by atomic mass is 32.2. The van der Waals surface area contributed by atoms with E-state index in [1.165, 1.54) is 18.5 Å². The fourth-order valence-electron chi connectivity index (χ4n) is 1.65. The van der Waals surface area contributed by atoms with Crippen LogP contribution in [0.3, 0.4) is 0 Å². The quantitative estimate of drug-likeness (QED) is 0.645. The summed E-state index contributed by atoms with van der Waals surface area (Å²) in [6, 6.07) is 0.192. The Labute approximate surface area is 96.0 Å². The van der Waals surface area contributed by atoms with Crippen LogP contribution >= 0.6 is 0 Å². The maximum absolute atomic E-state index is 11.7. The number of esters is 1. The van der Waals surface area contributed by atoms with E-state index < -0.39 is 21.7 Å². The molecule has 0 aliphatic carbocycles. The summed E-state index contributed by atoms with van der Waals surface area (Å²) in [6.45, 7) is 1.33. The van der Waals surface area contributed by atoms with Crippen LogP contribution in [0, 0.1) is 0 Å². The summed E-state index contributed by atoms with van der Waals surface area (Å²) in [6.07, 6.45) is 2.04. The number of likely N-dealkylation sites (N-methyl/N-ethyl adjacent to an activating group) is 1. The van der Waals surface area contributed by atoms with Crippen LogP contribution in [0.15, 0.2) is 0 Å². The molecule has 0 spiro atoms. The molecule has 0 aromatic carbocycles. The summed E-state index contributed by atoms with van der Waals surface area (Å²) < 4.78 is 28.9. The number of nitrogens with zero attached hydrogens (tertiary/aromatic N) is 1.